The number of amides is 1. The third-order valence-electron chi connectivity index (χ3n) is 4.25. The van der Waals surface area contributed by atoms with E-state index in [1.165, 1.54) is 5.01 Å². The van der Waals surface area contributed by atoms with Gasteiger partial charge in [0.25, 0.3) is 5.91 Å². The highest BCUT2D eigenvalue weighted by Gasteiger charge is 2.37. The number of likely N-dealkylation sites (N-methyl/N-ethyl adjacent to an activating group) is 1. The third-order valence-corrected chi connectivity index (χ3v) is 4.25. The molecule has 1 aromatic rings. The Kier molecular flexibility index (Phi) is 4.29. The summed E-state index contributed by atoms with van der Waals surface area (Å²) in [5, 5.41) is 15.2. The minimum Gasteiger partial charge on any atom is -0.480 e. The summed E-state index contributed by atoms with van der Waals surface area (Å²) in [6, 6.07) is 8.26. The van der Waals surface area contributed by atoms with Gasteiger partial charge in [0, 0.05) is 32.6 Å². The lowest BCUT2D eigenvalue weighted by Crippen LogP contribution is -2.49. The van der Waals surface area contributed by atoms with Gasteiger partial charge < -0.3 is 14.9 Å². The molecule has 1 N–H and O–H groups in total. The van der Waals surface area contributed by atoms with E-state index in [1.807, 2.05) is 25.2 Å². The van der Waals surface area contributed by atoms with Crippen molar-refractivity contribution in [3.05, 3.63) is 30.3 Å². The number of aliphatic carboxylic acids is 1. The predicted octanol–water partition coefficient (Wildman–Crippen LogP) is 0.480. The fraction of sp³-hybridized carbons (Fsp3) is 0.438. The van der Waals surface area contributed by atoms with Crippen molar-refractivity contribution in [1.82, 2.24) is 9.80 Å². The molecule has 122 valence electrons. The van der Waals surface area contributed by atoms with Crippen LogP contribution in [0, 0.1) is 0 Å². The van der Waals surface area contributed by atoms with Crippen molar-refractivity contribution in [3.8, 4) is 0 Å². The molecule has 2 heterocycles. The van der Waals surface area contributed by atoms with Crippen LogP contribution in [0.2, 0.25) is 0 Å². The normalized spacial score (nSPS) is 22.1. The molecule has 1 atom stereocenters. The largest absolute Gasteiger partial charge is 0.480 e. The molecule has 2 aliphatic heterocycles. The monoisotopic (exact) mass is 316 g/mol. The van der Waals surface area contributed by atoms with E-state index in [2.05, 4.69) is 10.0 Å². The maximum absolute atomic E-state index is 12.6. The summed E-state index contributed by atoms with van der Waals surface area (Å²) in [7, 11) is 2.02. The molecule has 1 amide bonds. The number of nitrogens with zero attached hydrogens (tertiary/aromatic N) is 4. The first kappa shape index (κ1) is 15.5. The molecule has 1 fully saturated rings. The smallest absolute Gasteiger partial charge is 0.328 e. The predicted molar refractivity (Wildman–Crippen MR) is 86.5 cm³/mol. The Labute approximate surface area is 134 Å². The molecule has 7 nitrogen and oxygen atoms in total. The summed E-state index contributed by atoms with van der Waals surface area (Å²) in [6.07, 6.45) is 0.134. The Morgan fingerprint density at radius 2 is 1.78 bits per heavy atom. The summed E-state index contributed by atoms with van der Waals surface area (Å²) >= 11 is 0. The SMILES string of the molecule is CN1CCN(C(=O)C2=NN(c3ccccc3)C(C(=O)O)C2)CC1. The average molecular weight is 316 g/mol. The second kappa shape index (κ2) is 6.37. The molecule has 0 aromatic heterocycles. The third kappa shape index (κ3) is 3.19. The number of hydrazone groups is 1. The Balaban J connectivity index is 1.80. The van der Waals surface area contributed by atoms with Gasteiger partial charge >= 0.3 is 5.97 Å². The van der Waals surface area contributed by atoms with Crippen molar-refractivity contribution in [3.63, 3.8) is 0 Å². The van der Waals surface area contributed by atoms with E-state index in [1.54, 1.807) is 17.0 Å². The van der Waals surface area contributed by atoms with E-state index in [0.717, 1.165) is 13.1 Å². The number of anilines is 1. The summed E-state index contributed by atoms with van der Waals surface area (Å²) in [5.74, 6) is -1.12. The highest BCUT2D eigenvalue weighted by molar-refractivity contribution is 6.40. The molecular weight excluding hydrogens is 296 g/mol. The summed E-state index contributed by atoms with van der Waals surface area (Å²) < 4.78 is 0. The molecule has 23 heavy (non-hydrogen) atoms. The molecule has 1 unspecified atom stereocenters. The van der Waals surface area contributed by atoms with Crippen LogP contribution in [-0.2, 0) is 9.59 Å². The van der Waals surface area contributed by atoms with Crippen molar-refractivity contribution in [2.45, 2.75) is 12.5 Å². The van der Waals surface area contributed by atoms with Crippen molar-refractivity contribution in [1.29, 1.82) is 0 Å². The quantitative estimate of drug-likeness (QED) is 0.878. The number of carboxylic acids is 1. The highest BCUT2D eigenvalue weighted by Crippen LogP contribution is 2.25. The van der Waals surface area contributed by atoms with Gasteiger partial charge in [0.2, 0.25) is 0 Å². The first-order valence-electron chi connectivity index (χ1n) is 7.68. The van der Waals surface area contributed by atoms with Crippen LogP contribution in [0.15, 0.2) is 35.4 Å². The Bertz CT molecular complexity index is 623. The number of carbonyl (C=O) groups is 2. The van der Waals surface area contributed by atoms with E-state index in [0.29, 0.717) is 24.5 Å². The maximum Gasteiger partial charge on any atom is 0.328 e. The van der Waals surface area contributed by atoms with Gasteiger partial charge in [0.05, 0.1) is 5.69 Å². The number of para-hydroxylation sites is 1. The van der Waals surface area contributed by atoms with Crippen LogP contribution in [0.1, 0.15) is 6.42 Å². The molecule has 2 aliphatic rings. The van der Waals surface area contributed by atoms with E-state index < -0.39 is 12.0 Å². The zero-order chi connectivity index (χ0) is 16.4. The standard InChI is InChI=1S/C16H20N4O3/c1-18-7-9-19(10-8-18)15(21)13-11-14(16(22)23)20(17-13)12-5-3-2-4-6-12/h2-6,14H,7-11H2,1H3,(H,22,23). The first-order valence-corrected chi connectivity index (χ1v) is 7.68. The molecule has 0 saturated carbocycles. The van der Waals surface area contributed by atoms with Gasteiger partial charge in [-0.2, -0.15) is 5.10 Å². The lowest BCUT2D eigenvalue weighted by Gasteiger charge is -2.32. The van der Waals surface area contributed by atoms with Crippen molar-refractivity contribution in [2.75, 3.05) is 38.2 Å². The van der Waals surface area contributed by atoms with Crippen molar-refractivity contribution < 1.29 is 14.7 Å². The Morgan fingerprint density at radius 1 is 1.13 bits per heavy atom. The van der Waals surface area contributed by atoms with E-state index in [9.17, 15) is 14.7 Å². The number of benzene rings is 1. The van der Waals surface area contributed by atoms with Gasteiger partial charge in [-0.25, -0.2) is 4.79 Å². The van der Waals surface area contributed by atoms with E-state index in [4.69, 9.17) is 0 Å². The molecule has 0 radical (unpaired) electrons. The second-order valence-electron chi connectivity index (χ2n) is 5.88. The van der Waals surface area contributed by atoms with Gasteiger partial charge in [-0.3, -0.25) is 9.80 Å². The topological polar surface area (TPSA) is 76.5 Å². The number of rotatable bonds is 3. The summed E-state index contributed by atoms with van der Waals surface area (Å²) in [5.41, 5.74) is 1.01. The molecule has 0 bridgehead atoms. The number of carbonyl (C=O) groups excluding carboxylic acids is 1. The van der Waals surface area contributed by atoms with Crippen molar-refractivity contribution in [2.24, 2.45) is 5.10 Å². The van der Waals surface area contributed by atoms with Gasteiger partial charge in [0.15, 0.2) is 6.04 Å². The molecule has 3 rings (SSSR count). The van der Waals surface area contributed by atoms with Crippen LogP contribution >= 0.6 is 0 Å². The number of hydrogen-bond acceptors (Lipinski definition) is 5. The molecular formula is C16H20N4O3. The maximum atomic E-state index is 12.6. The van der Waals surface area contributed by atoms with Crippen LogP contribution in [0.25, 0.3) is 0 Å². The highest BCUT2D eigenvalue weighted by atomic mass is 16.4. The van der Waals surface area contributed by atoms with Crippen molar-refractivity contribution >= 4 is 23.3 Å². The lowest BCUT2D eigenvalue weighted by atomic mass is 10.1. The van der Waals surface area contributed by atoms with Gasteiger partial charge in [0.1, 0.15) is 5.71 Å². The molecule has 0 spiro atoms. The molecule has 7 heteroatoms. The average Bonchev–Trinajstić information content (AvgIpc) is 3.01. The minimum absolute atomic E-state index is 0.134. The molecule has 1 saturated heterocycles. The van der Waals surface area contributed by atoms with E-state index >= 15 is 0 Å². The van der Waals surface area contributed by atoms with Gasteiger partial charge in [-0.1, -0.05) is 18.2 Å². The Hall–Kier alpha value is -2.41. The number of piperazine rings is 1. The van der Waals surface area contributed by atoms with Crippen LogP contribution in [-0.4, -0.2) is 71.8 Å². The summed E-state index contributed by atoms with van der Waals surface area (Å²) in [6.45, 7) is 2.95. The summed E-state index contributed by atoms with van der Waals surface area (Å²) in [4.78, 5) is 28.1. The van der Waals surface area contributed by atoms with Crippen LogP contribution in [0.5, 0.6) is 0 Å². The van der Waals surface area contributed by atoms with Crippen LogP contribution in [0.3, 0.4) is 0 Å². The van der Waals surface area contributed by atoms with Crippen LogP contribution < -0.4 is 5.01 Å². The van der Waals surface area contributed by atoms with Crippen LogP contribution in [0.4, 0.5) is 5.69 Å². The van der Waals surface area contributed by atoms with E-state index in [-0.39, 0.29) is 12.3 Å². The zero-order valence-corrected chi connectivity index (χ0v) is 13.1. The zero-order valence-electron chi connectivity index (χ0n) is 13.1. The van der Waals surface area contributed by atoms with Gasteiger partial charge in [-0.15, -0.1) is 0 Å². The molecule has 1 aromatic carbocycles. The molecule has 0 aliphatic carbocycles. The minimum atomic E-state index is -0.973. The second-order valence-corrected chi connectivity index (χ2v) is 5.88. The lowest BCUT2D eigenvalue weighted by molar-refractivity contribution is -0.138. The Morgan fingerprint density at radius 3 is 2.39 bits per heavy atom. The number of hydrogen-bond donors (Lipinski definition) is 1. The first-order chi connectivity index (χ1) is 11.1. The fourth-order valence-electron chi connectivity index (χ4n) is 2.84. The van der Waals surface area contributed by atoms with Gasteiger partial charge in [-0.05, 0) is 19.2 Å². The number of carboxylic acid groups (broad SMARTS) is 1. The fourth-order valence-corrected chi connectivity index (χ4v) is 2.84.